The lowest BCUT2D eigenvalue weighted by Crippen LogP contribution is -2.30. The number of nitrogens with zero attached hydrogens (tertiary/aromatic N) is 3. The van der Waals surface area contributed by atoms with Gasteiger partial charge in [0.05, 0.1) is 0 Å². The summed E-state index contributed by atoms with van der Waals surface area (Å²) in [5, 5.41) is 12.3. The number of hydrogen-bond donors (Lipinski definition) is 1. The first kappa shape index (κ1) is 9.54. The van der Waals surface area contributed by atoms with Crippen LogP contribution in [0.4, 0.5) is 5.13 Å². The average Bonchev–Trinajstić information content (AvgIpc) is 2.81. The Bertz CT molecular complexity index is 322. The minimum Gasteiger partial charge on any atom is -0.356 e. The Kier molecular flexibility index (Phi) is 2.36. The summed E-state index contributed by atoms with van der Waals surface area (Å²) in [5.41, 5.74) is 1.78. The minimum absolute atomic E-state index is 0.563. The number of aromatic nitrogens is 2. The van der Waals surface area contributed by atoms with Gasteiger partial charge in [-0.2, -0.15) is 0 Å². The van der Waals surface area contributed by atoms with Crippen LogP contribution in [0, 0.1) is 0 Å². The molecule has 1 aliphatic carbocycles. The van der Waals surface area contributed by atoms with Gasteiger partial charge in [0.1, 0.15) is 5.51 Å². The van der Waals surface area contributed by atoms with E-state index in [0.717, 1.165) is 17.2 Å². The molecule has 1 aromatic heterocycles. The van der Waals surface area contributed by atoms with Gasteiger partial charge in [0, 0.05) is 24.7 Å². The van der Waals surface area contributed by atoms with Gasteiger partial charge < -0.3 is 5.32 Å². The van der Waals surface area contributed by atoms with E-state index >= 15 is 0 Å². The summed E-state index contributed by atoms with van der Waals surface area (Å²) >= 11 is 1.58. The lowest BCUT2D eigenvalue weighted by Gasteiger charge is -2.19. The molecule has 1 N–H and O–H groups in total. The minimum atomic E-state index is 0.563. The highest BCUT2D eigenvalue weighted by molar-refractivity contribution is 7.13. The van der Waals surface area contributed by atoms with Crippen molar-refractivity contribution in [1.82, 2.24) is 15.1 Å². The summed E-state index contributed by atoms with van der Waals surface area (Å²) in [6.45, 7) is 3.51. The van der Waals surface area contributed by atoms with Gasteiger partial charge >= 0.3 is 0 Å². The second-order valence-corrected chi connectivity index (χ2v) is 5.43. The van der Waals surface area contributed by atoms with E-state index in [1.165, 1.54) is 25.8 Å². The zero-order valence-corrected chi connectivity index (χ0v) is 9.70. The molecule has 4 nitrogen and oxygen atoms in total. The van der Waals surface area contributed by atoms with Crippen molar-refractivity contribution in [1.29, 1.82) is 0 Å². The molecular weight excluding hydrogens is 208 g/mol. The van der Waals surface area contributed by atoms with Crippen LogP contribution in [-0.2, 0) is 0 Å². The van der Waals surface area contributed by atoms with Crippen molar-refractivity contribution >= 4 is 16.5 Å². The van der Waals surface area contributed by atoms with Crippen molar-refractivity contribution < 1.29 is 0 Å². The SMILES string of the molecule is CC1CC(Nc2nncs2)CN1C1CC1. The van der Waals surface area contributed by atoms with Crippen molar-refractivity contribution in [2.24, 2.45) is 0 Å². The van der Waals surface area contributed by atoms with Gasteiger partial charge in [-0.05, 0) is 26.2 Å². The zero-order chi connectivity index (χ0) is 10.3. The molecule has 2 fully saturated rings. The fourth-order valence-corrected chi connectivity index (χ4v) is 3.01. The molecular formula is C10H16N4S. The molecule has 1 saturated carbocycles. The van der Waals surface area contributed by atoms with E-state index in [1.807, 2.05) is 0 Å². The molecule has 2 heterocycles. The van der Waals surface area contributed by atoms with Gasteiger partial charge in [0.2, 0.25) is 5.13 Å². The van der Waals surface area contributed by atoms with Crippen molar-refractivity contribution in [3.8, 4) is 0 Å². The second kappa shape index (κ2) is 3.72. The van der Waals surface area contributed by atoms with E-state index in [-0.39, 0.29) is 0 Å². The topological polar surface area (TPSA) is 41.1 Å². The Morgan fingerprint density at radius 1 is 1.53 bits per heavy atom. The molecule has 0 bridgehead atoms. The summed E-state index contributed by atoms with van der Waals surface area (Å²) in [7, 11) is 0. The van der Waals surface area contributed by atoms with Crippen molar-refractivity contribution in [2.45, 2.75) is 44.3 Å². The molecule has 2 unspecified atom stereocenters. The molecule has 0 spiro atoms. The van der Waals surface area contributed by atoms with Gasteiger partial charge in [-0.1, -0.05) is 11.3 Å². The molecule has 0 amide bonds. The third kappa shape index (κ3) is 1.99. The Morgan fingerprint density at radius 3 is 3.07 bits per heavy atom. The molecule has 3 rings (SSSR count). The highest BCUT2D eigenvalue weighted by Gasteiger charge is 2.38. The average molecular weight is 224 g/mol. The lowest BCUT2D eigenvalue weighted by molar-refractivity contribution is 0.257. The van der Waals surface area contributed by atoms with Crippen molar-refractivity contribution in [3.63, 3.8) is 0 Å². The molecule has 2 aliphatic rings. The maximum absolute atomic E-state index is 4.03. The maximum Gasteiger partial charge on any atom is 0.205 e. The van der Waals surface area contributed by atoms with E-state index in [4.69, 9.17) is 0 Å². The number of hydrogen-bond acceptors (Lipinski definition) is 5. The summed E-state index contributed by atoms with van der Waals surface area (Å²) in [6, 6.07) is 2.16. The summed E-state index contributed by atoms with van der Waals surface area (Å²) < 4.78 is 0. The molecule has 82 valence electrons. The number of nitrogens with one attached hydrogen (secondary N) is 1. The van der Waals surface area contributed by atoms with Gasteiger partial charge in [-0.3, -0.25) is 4.90 Å². The highest BCUT2D eigenvalue weighted by Crippen LogP contribution is 2.34. The Morgan fingerprint density at radius 2 is 2.40 bits per heavy atom. The van der Waals surface area contributed by atoms with Gasteiger partial charge in [-0.15, -0.1) is 10.2 Å². The Labute approximate surface area is 93.7 Å². The summed E-state index contributed by atoms with van der Waals surface area (Å²) in [6.07, 6.45) is 4.03. The molecule has 15 heavy (non-hydrogen) atoms. The number of rotatable bonds is 3. The lowest BCUT2D eigenvalue weighted by atomic mass is 10.2. The van der Waals surface area contributed by atoms with Crippen LogP contribution in [0.5, 0.6) is 0 Å². The van der Waals surface area contributed by atoms with Crippen LogP contribution in [-0.4, -0.2) is 39.8 Å². The Balaban J connectivity index is 1.60. The smallest absolute Gasteiger partial charge is 0.205 e. The largest absolute Gasteiger partial charge is 0.356 e. The van der Waals surface area contributed by atoms with Crippen molar-refractivity contribution in [2.75, 3.05) is 11.9 Å². The first-order valence-corrected chi connectivity index (χ1v) is 6.49. The summed E-state index contributed by atoms with van der Waals surface area (Å²) in [5.74, 6) is 0. The van der Waals surface area contributed by atoms with Crippen LogP contribution in [0.1, 0.15) is 26.2 Å². The Hall–Kier alpha value is -0.680. The van der Waals surface area contributed by atoms with E-state index in [1.54, 1.807) is 16.8 Å². The highest BCUT2D eigenvalue weighted by atomic mass is 32.1. The zero-order valence-electron chi connectivity index (χ0n) is 8.89. The predicted molar refractivity (Wildman–Crippen MR) is 61.1 cm³/mol. The van der Waals surface area contributed by atoms with Gasteiger partial charge in [0.25, 0.3) is 0 Å². The van der Waals surface area contributed by atoms with Crippen LogP contribution in [0.2, 0.25) is 0 Å². The van der Waals surface area contributed by atoms with E-state index in [9.17, 15) is 0 Å². The predicted octanol–water partition coefficient (Wildman–Crippen LogP) is 1.58. The third-order valence-corrected chi connectivity index (χ3v) is 3.95. The van der Waals surface area contributed by atoms with E-state index < -0.39 is 0 Å². The first-order chi connectivity index (χ1) is 7.33. The first-order valence-electron chi connectivity index (χ1n) is 5.61. The molecule has 0 radical (unpaired) electrons. The summed E-state index contributed by atoms with van der Waals surface area (Å²) in [4.78, 5) is 2.64. The quantitative estimate of drug-likeness (QED) is 0.846. The van der Waals surface area contributed by atoms with Crippen LogP contribution < -0.4 is 5.32 Å². The van der Waals surface area contributed by atoms with Crippen LogP contribution in [0.15, 0.2) is 5.51 Å². The standard InChI is InChI=1S/C10H16N4S/c1-7-4-8(5-14(7)9-2-3-9)12-10-13-11-6-15-10/h6-9H,2-5H2,1H3,(H,12,13). The molecule has 1 aromatic rings. The fourth-order valence-electron chi connectivity index (χ4n) is 2.49. The second-order valence-electron chi connectivity index (χ2n) is 4.60. The monoisotopic (exact) mass is 224 g/mol. The molecule has 0 aromatic carbocycles. The molecule has 1 saturated heterocycles. The normalized spacial score (nSPS) is 32.1. The van der Waals surface area contributed by atoms with E-state index in [2.05, 4.69) is 27.3 Å². The fraction of sp³-hybridized carbons (Fsp3) is 0.800. The number of likely N-dealkylation sites (tertiary alicyclic amines) is 1. The molecule has 5 heteroatoms. The van der Waals surface area contributed by atoms with Crippen LogP contribution in [0.3, 0.4) is 0 Å². The molecule has 2 atom stereocenters. The number of anilines is 1. The van der Waals surface area contributed by atoms with Crippen LogP contribution >= 0.6 is 11.3 Å². The van der Waals surface area contributed by atoms with E-state index in [0.29, 0.717) is 6.04 Å². The third-order valence-electron chi connectivity index (χ3n) is 3.33. The van der Waals surface area contributed by atoms with Crippen LogP contribution in [0.25, 0.3) is 0 Å². The van der Waals surface area contributed by atoms with Crippen molar-refractivity contribution in [3.05, 3.63) is 5.51 Å². The molecule has 1 aliphatic heterocycles. The van der Waals surface area contributed by atoms with Gasteiger partial charge in [0.15, 0.2) is 0 Å². The maximum atomic E-state index is 4.03. The van der Waals surface area contributed by atoms with Gasteiger partial charge in [-0.25, -0.2) is 0 Å².